The van der Waals surface area contributed by atoms with E-state index in [9.17, 15) is 14.4 Å². The summed E-state index contributed by atoms with van der Waals surface area (Å²) in [6.45, 7) is 5.92. The maximum absolute atomic E-state index is 13.0. The van der Waals surface area contributed by atoms with E-state index in [1.807, 2.05) is 32.9 Å². The predicted molar refractivity (Wildman–Crippen MR) is 127 cm³/mol. The number of aryl methyl sites for hydroxylation is 3. The quantitative estimate of drug-likeness (QED) is 0.343. The second kappa shape index (κ2) is 8.31. The van der Waals surface area contributed by atoms with Crippen LogP contribution in [-0.2, 0) is 32.4 Å². The fraction of sp³-hybridized carbons (Fsp3) is 0.458. The van der Waals surface area contributed by atoms with Crippen LogP contribution in [-0.4, -0.2) is 30.6 Å². The van der Waals surface area contributed by atoms with Crippen LogP contribution in [0.5, 0.6) is 0 Å². The van der Waals surface area contributed by atoms with E-state index in [1.165, 1.54) is 40.9 Å². The molecule has 1 aromatic carbocycles. The minimum atomic E-state index is -0.452. The Kier molecular flexibility index (Phi) is 5.83. The van der Waals surface area contributed by atoms with E-state index in [0.29, 0.717) is 22.1 Å². The highest BCUT2D eigenvalue weighted by Crippen LogP contribution is 2.28. The van der Waals surface area contributed by atoms with Gasteiger partial charge in [-0.25, -0.2) is 14.8 Å². The van der Waals surface area contributed by atoms with Gasteiger partial charge in [0.1, 0.15) is 16.2 Å². The average molecular weight is 453 g/mol. The molecule has 1 aliphatic rings. The molecular formula is C24H28N4O3S. The van der Waals surface area contributed by atoms with Crippen LogP contribution in [0, 0.1) is 0 Å². The van der Waals surface area contributed by atoms with Gasteiger partial charge in [-0.05, 0) is 42.9 Å². The lowest BCUT2D eigenvalue weighted by Crippen LogP contribution is -2.38. The second-order valence-corrected chi connectivity index (χ2v) is 10.4. The third-order valence-corrected chi connectivity index (χ3v) is 6.92. The standard InChI is InChI=1S/C24H28N4O3S/c1-24(2,3)22-25-19-18(21(30)28(5)23(31)27(19)4)20(26-22)32-13-17(29)16-11-10-14-8-6-7-9-15(14)12-16/h10-12H,6-9,13H2,1-5H3. The number of rotatable bonds is 4. The number of ketones is 1. The number of aromatic nitrogens is 4. The number of benzene rings is 1. The lowest BCUT2D eigenvalue weighted by atomic mass is 9.90. The van der Waals surface area contributed by atoms with Gasteiger partial charge >= 0.3 is 5.69 Å². The zero-order chi connectivity index (χ0) is 23.2. The van der Waals surface area contributed by atoms with Crippen molar-refractivity contribution >= 4 is 28.6 Å². The molecule has 0 aliphatic heterocycles. The van der Waals surface area contributed by atoms with Crippen LogP contribution in [0.25, 0.3) is 11.0 Å². The molecule has 3 aromatic rings. The lowest BCUT2D eigenvalue weighted by molar-refractivity contribution is 0.102. The van der Waals surface area contributed by atoms with Crippen molar-refractivity contribution in [2.75, 3.05) is 5.75 Å². The highest BCUT2D eigenvalue weighted by Gasteiger charge is 2.24. The first kappa shape index (κ1) is 22.5. The Bertz CT molecular complexity index is 1350. The molecule has 0 N–H and O–H groups in total. The Balaban J connectivity index is 1.74. The topological polar surface area (TPSA) is 86.8 Å². The zero-order valence-electron chi connectivity index (χ0n) is 19.2. The number of carbonyl (C=O) groups is 1. The number of fused-ring (bicyclic) bond motifs is 2. The van der Waals surface area contributed by atoms with Gasteiger partial charge in [-0.2, -0.15) is 0 Å². The van der Waals surface area contributed by atoms with Crippen molar-refractivity contribution in [2.45, 2.75) is 56.9 Å². The minimum absolute atomic E-state index is 0.00547. The molecule has 2 aromatic heterocycles. The smallest absolute Gasteiger partial charge is 0.293 e. The fourth-order valence-corrected chi connectivity index (χ4v) is 4.90. The molecule has 1 aliphatic carbocycles. The molecular weight excluding hydrogens is 424 g/mol. The Morgan fingerprint density at radius 3 is 2.41 bits per heavy atom. The first-order valence-electron chi connectivity index (χ1n) is 10.8. The maximum Gasteiger partial charge on any atom is 0.332 e. The SMILES string of the molecule is Cn1c(=O)c2c(SCC(=O)c3ccc4c(c3)CCCC4)nc(C(C)(C)C)nc2n(C)c1=O. The Hall–Kier alpha value is -2.74. The Labute approximate surface area is 190 Å². The van der Waals surface area contributed by atoms with Crippen LogP contribution in [0.2, 0.25) is 0 Å². The monoisotopic (exact) mass is 452 g/mol. The van der Waals surface area contributed by atoms with Crippen molar-refractivity contribution in [3.8, 4) is 0 Å². The molecule has 7 nitrogen and oxygen atoms in total. The van der Waals surface area contributed by atoms with Crippen LogP contribution < -0.4 is 11.2 Å². The molecule has 32 heavy (non-hydrogen) atoms. The van der Waals surface area contributed by atoms with Crippen molar-refractivity contribution in [1.82, 2.24) is 19.1 Å². The maximum atomic E-state index is 13.0. The minimum Gasteiger partial charge on any atom is -0.293 e. The number of nitrogens with zero attached hydrogens (tertiary/aromatic N) is 4. The first-order valence-corrected chi connectivity index (χ1v) is 11.8. The van der Waals surface area contributed by atoms with Crippen LogP contribution in [0.4, 0.5) is 0 Å². The normalized spacial score (nSPS) is 13.9. The van der Waals surface area contributed by atoms with E-state index >= 15 is 0 Å². The molecule has 0 fully saturated rings. The van der Waals surface area contributed by atoms with Gasteiger partial charge in [0, 0.05) is 25.1 Å². The molecule has 0 saturated carbocycles. The van der Waals surface area contributed by atoms with E-state index < -0.39 is 11.2 Å². The van der Waals surface area contributed by atoms with Crippen LogP contribution in [0.15, 0.2) is 32.8 Å². The second-order valence-electron chi connectivity index (χ2n) is 9.41. The van der Waals surface area contributed by atoms with E-state index in [1.54, 1.807) is 7.05 Å². The van der Waals surface area contributed by atoms with Gasteiger partial charge in [-0.15, -0.1) is 0 Å². The third kappa shape index (κ3) is 4.03. The van der Waals surface area contributed by atoms with Gasteiger partial charge in [0.05, 0.1) is 5.75 Å². The van der Waals surface area contributed by atoms with Crippen LogP contribution >= 0.6 is 11.8 Å². The van der Waals surface area contributed by atoms with Gasteiger partial charge in [0.25, 0.3) is 5.56 Å². The number of hydrogen-bond donors (Lipinski definition) is 0. The highest BCUT2D eigenvalue weighted by atomic mass is 32.2. The molecule has 0 amide bonds. The molecule has 2 heterocycles. The molecule has 0 saturated heterocycles. The molecule has 0 spiro atoms. The number of carbonyl (C=O) groups excluding carboxylic acids is 1. The fourth-order valence-electron chi connectivity index (χ4n) is 3.99. The largest absolute Gasteiger partial charge is 0.332 e. The molecule has 4 rings (SSSR count). The van der Waals surface area contributed by atoms with Crippen molar-refractivity contribution < 1.29 is 4.79 Å². The summed E-state index contributed by atoms with van der Waals surface area (Å²) in [5, 5.41) is 0.702. The lowest BCUT2D eigenvalue weighted by Gasteiger charge is -2.19. The van der Waals surface area contributed by atoms with E-state index in [4.69, 9.17) is 0 Å². The van der Waals surface area contributed by atoms with Crippen LogP contribution in [0.1, 0.15) is 60.9 Å². The summed E-state index contributed by atoms with van der Waals surface area (Å²) in [6, 6.07) is 5.98. The third-order valence-electron chi connectivity index (χ3n) is 5.95. The summed E-state index contributed by atoms with van der Waals surface area (Å²) in [5.41, 5.74) is 2.30. The summed E-state index contributed by atoms with van der Waals surface area (Å²) >= 11 is 1.23. The molecule has 0 unspecified atom stereocenters. The van der Waals surface area contributed by atoms with E-state index in [-0.39, 0.29) is 22.3 Å². The summed E-state index contributed by atoms with van der Waals surface area (Å²) < 4.78 is 2.42. The first-order chi connectivity index (χ1) is 15.1. The number of hydrogen-bond acceptors (Lipinski definition) is 6. The summed E-state index contributed by atoms with van der Waals surface area (Å²) in [4.78, 5) is 47.6. The highest BCUT2D eigenvalue weighted by molar-refractivity contribution is 8.00. The summed E-state index contributed by atoms with van der Waals surface area (Å²) in [7, 11) is 3.03. The Morgan fingerprint density at radius 2 is 1.72 bits per heavy atom. The van der Waals surface area contributed by atoms with Gasteiger partial charge in [-0.3, -0.25) is 18.7 Å². The molecule has 168 valence electrons. The predicted octanol–water partition coefficient (Wildman–Crippen LogP) is 3.18. The molecule has 0 bridgehead atoms. The van der Waals surface area contributed by atoms with Gasteiger partial charge in [0.2, 0.25) is 0 Å². The summed E-state index contributed by atoms with van der Waals surface area (Å²) in [6.07, 6.45) is 4.44. The number of Topliss-reactive ketones (excluding diaryl/α,β-unsaturated/α-hetero) is 1. The van der Waals surface area contributed by atoms with Gasteiger partial charge < -0.3 is 0 Å². The number of thioether (sulfide) groups is 1. The van der Waals surface area contributed by atoms with E-state index in [2.05, 4.69) is 16.0 Å². The van der Waals surface area contributed by atoms with Crippen molar-refractivity contribution in [1.29, 1.82) is 0 Å². The summed E-state index contributed by atoms with van der Waals surface area (Å²) in [5.74, 6) is 0.673. The zero-order valence-corrected chi connectivity index (χ0v) is 20.0. The van der Waals surface area contributed by atoms with Crippen LogP contribution in [0.3, 0.4) is 0 Å². The average Bonchev–Trinajstić information content (AvgIpc) is 2.78. The molecule has 8 heteroatoms. The van der Waals surface area contributed by atoms with Crippen molar-refractivity contribution in [3.63, 3.8) is 0 Å². The van der Waals surface area contributed by atoms with Crippen molar-refractivity contribution in [3.05, 3.63) is 61.6 Å². The molecule has 0 radical (unpaired) electrons. The van der Waals surface area contributed by atoms with Gasteiger partial charge in [-0.1, -0.05) is 44.7 Å². The Morgan fingerprint density at radius 1 is 1.03 bits per heavy atom. The molecule has 0 atom stereocenters. The van der Waals surface area contributed by atoms with Crippen molar-refractivity contribution in [2.24, 2.45) is 14.1 Å². The van der Waals surface area contributed by atoms with E-state index in [0.717, 1.165) is 23.8 Å². The van der Waals surface area contributed by atoms with Gasteiger partial charge in [0.15, 0.2) is 11.4 Å².